The zero-order chi connectivity index (χ0) is 14.7. The van der Waals surface area contributed by atoms with Gasteiger partial charge in [0, 0.05) is 30.4 Å². The minimum absolute atomic E-state index is 0.0437. The van der Waals surface area contributed by atoms with E-state index in [0.29, 0.717) is 11.5 Å². The maximum atomic E-state index is 12.4. The van der Waals surface area contributed by atoms with E-state index in [-0.39, 0.29) is 30.2 Å². The molecule has 0 saturated carbocycles. The molecule has 20 heavy (non-hydrogen) atoms. The molecule has 0 fully saturated rings. The normalized spacial score (nSPS) is 10.9. The summed E-state index contributed by atoms with van der Waals surface area (Å²) in [5.74, 6) is -0.378. The standard InChI is InChI=1S/C13H17N3O3S/c1-3-4-15(5-6-17)11(18)10-7-14-13-16(12(10)19)8-9(2)20-13/h7-8,17H,3-6H2,1-2H3. The van der Waals surface area contributed by atoms with Crippen LogP contribution in [0.15, 0.2) is 17.2 Å². The smallest absolute Gasteiger partial charge is 0.271 e. The summed E-state index contributed by atoms with van der Waals surface area (Å²) in [5, 5.41) is 9.01. The third kappa shape index (κ3) is 2.73. The Kier molecular flexibility index (Phi) is 4.51. The number of hydrogen-bond acceptors (Lipinski definition) is 5. The average Bonchev–Trinajstić information content (AvgIpc) is 2.80. The van der Waals surface area contributed by atoms with Crippen LogP contribution in [0.4, 0.5) is 0 Å². The fraction of sp³-hybridized carbons (Fsp3) is 0.462. The maximum absolute atomic E-state index is 12.4. The Labute approximate surface area is 120 Å². The molecule has 0 spiro atoms. The van der Waals surface area contributed by atoms with Gasteiger partial charge in [0.1, 0.15) is 5.56 Å². The summed E-state index contributed by atoms with van der Waals surface area (Å²) in [6.45, 7) is 4.42. The van der Waals surface area contributed by atoms with Crippen molar-refractivity contribution in [2.45, 2.75) is 20.3 Å². The fourth-order valence-electron chi connectivity index (χ4n) is 2.02. The van der Waals surface area contributed by atoms with Gasteiger partial charge in [-0.25, -0.2) is 4.98 Å². The third-order valence-corrected chi connectivity index (χ3v) is 3.82. The number of nitrogens with zero attached hydrogens (tertiary/aromatic N) is 3. The number of aliphatic hydroxyl groups is 1. The zero-order valence-corrected chi connectivity index (χ0v) is 12.3. The van der Waals surface area contributed by atoms with Crippen LogP contribution in [0.5, 0.6) is 0 Å². The zero-order valence-electron chi connectivity index (χ0n) is 11.5. The Hall–Kier alpha value is -1.73. The molecule has 0 bridgehead atoms. The molecule has 2 aromatic rings. The van der Waals surface area contributed by atoms with Crippen molar-refractivity contribution in [2.75, 3.05) is 19.7 Å². The first kappa shape index (κ1) is 14.7. The van der Waals surface area contributed by atoms with Gasteiger partial charge in [-0.15, -0.1) is 11.3 Å². The van der Waals surface area contributed by atoms with Crippen molar-refractivity contribution >= 4 is 22.2 Å². The maximum Gasteiger partial charge on any atom is 0.271 e. The van der Waals surface area contributed by atoms with Gasteiger partial charge in [-0.3, -0.25) is 14.0 Å². The fourth-order valence-corrected chi connectivity index (χ4v) is 2.80. The number of aliphatic hydroxyl groups excluding tert-OH is 1. The van der Waals surface area contributed by atoms with E-state index in [0.717, 1.165) is 11.3 Å². The molecule has 0 atom stereocenters. The molecular weight excluding hydrogens is 278 g/mol. The number of aromatic nitrogens is 2. The Bertz CT molecular complexity index is 671. The molecule has 2 aromatic heterocycles. The Morgan fingerprint density at radius 3 is 2.90 bits per heavy atom. The van der Waals surface area contributed by atoms with Gasteiger partial charge in [0.05, 0.1) is 6.61 Å². The molecule has 0 unspecified atom stereocenters. The van der Waals surface area contributed by atoms with Crippen molar-refractivity contribution in [3.05, 3.63) is 33.2 Å². The van der Waals surface area contributed by atoms with Gasteiger partial charge >= 0.3 is 0 Å². The molecule has 0 aliphatic carbocycles. The molecule has 0 aliphatic heterocycles. The summed E-state index contributed by atoms with van der Waals surface area (Å²) in [6, 6.07) is 0. The molecule has 0 aliphatic rings. The summed E-state index contributed by atoms with van der Waals surface area (Å²) in [6.07, 6.45) is 3.78. The molecule has 7 heteroatoms. The molecule has 2 heterocycles. The van der Waals surface area contributed by atoms with Crippen LogP contribution >= 0.6 is 11.3 Å². The van der Waals surface area contributed by atoms with Crippen LogP contribution in [-0.4, -0.2) is 45.0 Å². The van der Waals surface area contributed by atoms with Crippen molar-refractivity contribution in [1.29, 1.82) is 0 Å². The average molecular weight is 295 g/mol. The van der Waals surface area contributed by atoms with E-state index in [1.165, 1.54) is 26.8 Å². The van der Waals surface area contributed by atoms with Gasteiger partial charge in [-0.2, -0.15) is 0 Å². The lowest BCUT2D eigenvalue weighted by Gasteiger charge is -2.20. The lowest BCUT2D eigenvalue weighted by atomic mass is 10.2. The van der Waals surface area contributed by atoms with Crippen LogP contribution < -0.4 is 5.56 Å². The van der Waals surface area contributed by atoms with E-state index in [1.54, 1.807) is 6.20 Å². The number of carbonyl (C=O) groups excluding carboxylic acids is 1. The van der Waals surface area contributed by atoms with E-state index < -0.39 is 0 Å². The molecule has 6 nitrogen and oxygen atoms in total. The lowest BCUT2D eigenvalue weighted by molar-refractivity contribution is 0.0719. The summed E-state index contributed by atoms with van der Waals surface area (Å²) >= 11 is 1.40. The van der Waals surface area contributed by atoms with Gasteiger partial charge in [-0.1, -0.05) is 6.92 Å². The van der Waals surface area contributed by atoms with Crippen LogP contribution in [0, 0.1) is 6.92 Å². The first-order chi connectivity index (χ1) is 9.58. The molecule has 0 saturated heterocycles. The molecule has 0 aromatic carbocycles. The third-order valence-electron chi connectivity index (χ3n) is 2.90. The number of hydrogen-bond donors (Lipinski definition) is 1. The van der Waals surface area contributed by atoms with Crippen LogP contribution in [-0.2, 0) is 0 Å². The summed E-state index contributed by atoms with van der Waals surface area (Å²) in [4.78, 5) is 31.8. The highest BCUT2D eigenvalue weighted by Gasteiger charge is 2.19. The molecule has 2 rings (SSSR count). The Balaban J connectivity index is 2.43. The van der Waals surface area contributed by atoms with Crippen LogP contribution in [0.25, 0.3) is 4.96 Å². The minimum atomic E-state index is -0.378. The van der Waals surface area contributed by atoms with Crippen LogP contribution in [0.3, 0.4) is 0 Å². The molecule has 0 radical (unpaired) electrons. The molecule has 1 amide bonds. The van der Waals surface area contributed by atoms with Gasteiger partial charge in [0.25, 0.3) is 11.5 Å². The highest BCUT2D eigenvalue weighted by atomic mass is 32.1. The molecular formula is C13H17N3O3S. The number of aryl methyl sites for hydroxylation is 1. The van der Waals surface area contributed by atoms with Crippen molar-refractivity contribution in [3.63, 3.8) is 0 Å². The van der Waals surface area contributed by atoms with Gasteiger partial charge < -0.3 is 10.0 Å². The number of thiazole rings is 1. The van der Waals surface area contributed by atoms with Crippen LogP contribution in [0.1, 0.15) is 28.6 Å². The van der Waals surface area contributed by atoms with Crippen molar-refractivity contribution in [2.24, 2.45) is 0 Å². The number of amides is 1. The van der Waals surface area contributed by atoms with Gasteiger partial charge in [0.2, 0.25) is 0 Å². The summed E-state index contributed by atoms with van der Waals surface area (Å²) in [5.41, 5.74) is -0.314. The summed E-state index contributed by atoms with van der Waals surface area (Å²) in [7, 11) is 0. The lowest BCUT2D eigenvalue weighted by Crippen LogP contribution is -2.38. The highest BCUT2D eigenvalue weighted by molar-refractivity contribution is 7.16. The quantitative estimate of drug-likeness (QED) is 0.889. The number of rotatable bonds is 5. The van der Waals surface area contributed by atoms with Crippen LogP contribution in [0.2, 0.25) is 0 Å². The highest BCUT2D eigenvalue weighted by Crippen LogP contribution is 2.13. The van der Waals surface area contributed by atoms with E-state index in [1.807, 2.05) is 13.8 Å². The van der Waals surface area contributed by atoms with E-state index in [2.05, 4.69) is 4.98 Å². The monoisotopic (exact) mass is 295 g/mol. The largest absolute Gasteiger partial charge is 0.395 e. The van der Waals surface area contributed by atoms with Crippen molar-refractivity contribution in [1.82, 2.24) is 14.3 Å². The van der Waals surface area contributed by atoms with E-state index >= 15 is 0 Å². The number of fused-ring (bicyclic) bond motifs is 1. The van der Waals surface area contributed by atoms with Crippen molar-refractivity contribution in [3.8, 4) is 0 Å². The SMILES string of the molecule is CCCN(CCO)C(=O)c1cnc2sc(C)cn2c1=O. The Morgan fingerprint density at radius 1 is 1.50 bits per heavy atom. The van der Waals surface area contributed by atoms with Crippen molar-refractivity contribution < 1.29 is 9.90 Å². The van der Waals surface area contributed by atoms with Gasteiger partial charge in [0.15, 0.2) is 4.96 Å². The van der Waals surface area contributed by atoms with E-state index in [4.69, 9.17) is 5.11 Å². The molecule has 1 N–H and O–H groups in total. The van der Waals surface area contributed by atoms with E-state index in [9.17, 15) is 9.59 Å². The predicted octanol–water partition coefficient (Wildman–Crippen LogP) is 0.909. The predicted molar refractivity (Wildman–Crippen MR) is 77.4 cm³/mol. The first-order valence-corrected chi connectivity index (χ1v) is 7.28. The number of carbonyl (C=O) groups is 1. The minimum Gasteiger partial charge on any atom is -0.395 e. The second-order valence-electron chi connectivity index (χ2n) is 4.49. The topological polar surface area (TPSA) is 74.9 Å². The second-order valence-corrected chi connectivity index (χ2v) is 5.70. The second kappa shape index (κ2) is 6.15. The van der Waals surface area contributed by atoms with Gasteiger partial charge in [-0.05, 0) is 13.3 Å². The molecule has 108 valence electrons. The summed E-state index contributed by atoms with van der Waals surface area (Å²) < 4.78 is 1.40. The Morgan fingerprint density at radius 2 is 2.25 bits per heavy atom. The first-order valence-electron chi connectivity index (χ1n) is 6.46.